The summed E-state index contributed by atoms with van der Waals surface area (Å²) >= 11 is 6.06. The van der Waals surface area contributed by atoms with E-state index in [0.29, 0.717) is 35.3 Å². The number of likely N-dealkylation sites (tertiary alicyclic amines) is 1. The van der Waals surface area contributed by atoms with Gasteiger partial charge in [0.05, 0.1) is 30.8 Å². The third-order valence-electron chi connectivity index (χ3n) is 4.10. The summed E-state index contributed by atoms with van der Waals surface area (Å²) in [6.07, 6.45) is 2.20. The second-order valence-corrected chi connectivity index (χ2v) is 6.18. The average molecular weight is 355 g/mol. The number of anilines is 1. The number of hydrogen-bond donors (Lipinski definition) is 1. The van der Waals surface area contributed by atoms with E-state index in [1.54, 1.807) is 17.0 Å². The Kier molecular flexibility index (Phi) is 6.31. The molecule has 2 rings (SSSR count). The van der Waals surface area contributed by atoms with E-state index >= 15 is 0 Å². The number of carbonyl (C=O) groups excluding carboxylic acids is 2. The molecule has 2 amide bonds. The summed E-state index contributed by atoms with van der Waals surface area (Å²) in [4.78, 5) is 26.3. The maximum atomic E-state index is 12.5. The highest BCUT2D eigenvalue weighted by atomic mass is 35.5. The quantitative estimate of drug-likeness (QED) is 0.817. The van der Waals surface area contributed by atoms with Crippen LogP contribution in [-0.2, 0) is 9.59 Å². The van der Waals surface area contributed by atoms with Crippen molar-refractivity contribution in [2.24, 2.45) is 5.92 Å². The van der Waals surface area contributed by atoms with Crippen LogP contribution in [0.3, 0.4) is 0 Å². The first-order valence-corrected chi connectivity index (χ1v) is 8.38. The molecule has 0 unspecified atom stereocenters. The number of unbranched alkanes of at least 4 members (excludes halogenated alkanes) is 1. The highest BCUT2D eigenvalue weighted by molar-refractivity contribution is 6.32. The molecule has 0 spiro atoms. The molecule has 0 radical (unpaired) electrons. The van der Waals surface area contributed by atoms with Crippen LogP contribution < -0.4 is 14.8 Å². The topological polar surface area (TPSA) is 67.9 Å². The normalized spacial score (nSPS) is 17.1. The van der Waals surface area contributed by atoms with Gasteiger partial charge in [-0.1, -0.05) is 24.9 Å². The minimum atomic E-state index is -0.360. The maximum absolute atomic E-state index is 12.5. The average Bonchev–Trinajstić information content (AvgIpc) is 2.95. The van der Waals surface area contributed by atoms with Gasteiger partial charge in [-0.25, -0.2) is 0 Å². The van der Waals surface area contributed by atoms with Gasteiger partial charge in [-0.15, -0.1) is 0 Å². The van der Waals surface area contributed by atoms with Crippen molar-refractivity contribution in [2.45, 2.75) is 26.2 Å². The predicted octanol–water partition coefficient (Wildman–Crippen LogP) is 2.94. The van der Waals surface area contributed by atoms with Crippen LogP contribution in [0.25, 0.3) is 0 Å². The van der Waals surface area contributed by atoms with Crippen LogP contribution in [0.1, 0.15) is 26.2 Å². The Hall–Kier alpha value is -1.95. The molecule has 0 aromatic heterocycles. The minimum Gasteiger partial charge on any atom is -0.495 e. The third-order valence-corrected chi connectivity index (χ3v) is 4.39. The molecular formula is C17H23ClN2O4. The zero-order valence-electron chi connectivity index (χ0n) is 14.2. The number of rotatable bonds is 7. The lowest BCUT2D eigenvalue weighted by Gasteiger charge is -2.17. The van der Waals surface area contributed by atoms with E-state index in [1.807, 2.05) is 0 Å². The van der Waals surface area contributed by atoms with E-state index in [9.17, 15) is 9.59 Å². The van der Waals surface area contributed by atoms with Crippen LogP contribution in [-0.4, -0.2) is 44.0 Å². The van der Waals surface area contributed by atoms with Crippen LogP contribution in [0.4, 0.5) is 5.69 Å². The van der Waals surface area contributed by atoms with Crippen LogP contribution in [0, 0.1) is 5.92 Å². The number of ether oxygens (including phenoxy) is 2. The molecule has 132 valence electrons. The van der Waals surface area contributed by atoms with Crippen molar-refractivity contribution in [1.82, 2.24) is 4.90 Å². The molecule has 24 heavy (non-hydrogen) atoms. The number of hydrogen-bond acceptors (Lipinski definition) is 4. The van der Waals surface area contributed by atoms with E-state index in [2.05, 4.69) is 12.2 Å². The summed E-state index contributed by atoms with van der Waals surface area (Å²) in [6, 6.07) is 3.20. The molecule has 1 saturated heterocycles. The van der Waals surface area contributed by atoms with Crippen molar-refractivity contribution in [3.8, 4) is 11.5 Å². The first kappa shape index (κ1) is 18.4. The number of methoxy groups -OCH3 is 2. The summed E-state index contributed by atoms with van der Waals surface area (Å²) in [7, 11) is 3.00. The molecule has 1 aliphatic rings. The number of halogens is 1. The number of carbonyl (C=O) groups is 2. The van der Waals surface area contributed by atoms with Gasteiger partial charge in [0.1, 0.15) is 11.5 Å². The summed E-state index contributed by atoms with van der Waals surface area (Å²) in [6.45, 7) is 3.24. The van der Waals surface area contributed by atoms with E-state index < -0.39 is 0 Å². The lowest BCUT2D eigenvalue weighted by molar-refractivity contribution is -0.128. The van der Waals surface area contributed by atoms with Crippen molar-refractivity contribution >= 4 is 29.1 Å². The van der Waals surface area contributed by atoms with Crippen molar-refractivity contribution in [3.05, 3.63) is 17.2 Å². The largest absolute Gasteiger partial charge is 0.495 e. The van der Waals surface area contributed by atoms with Gasteiger partial charge in [-0.05, 0) is 6.42 Å². The molecule has 1 aromatic carbocycles. The summed E-state index contributed by atoms with van der Waals surface area (Å²) in [5.74, 6) is 0.358. The molecule has 0 aliphatic carbocycles. The van der Waals surface area contributed by atoms with Crippen molar-refractivity contribution in [3.63, 3.8) is 0 Å². The summed E-state index contributed by atoms with van der Waals surface area (Å²) in [5.41, 5.74) is 0.475. The van der Waals surface area contributed by atoms with Crippen LogP contribution >= 0.6 is 11.6 Å². The standard InChI is InChI=1S/C17H23ClN2O4/c1-4-5-6-20-10-11(7-16(20)21)17(22)19-13-9-14(23-2)12(18)8-15(13)24-3/h8-9,11H,4-7,10H2,1-3H3,(H,19,22)/t11-/m0/s1. The Bertz CT molecular complexity index is 621. The molecule has 1 aliphatic heterocycles. The van der Waals surface area contributed by atoms with E-state index in [-0.39, 0.29) is 24.2 Å². The molecule has 0 bridgehead atoms. The molecule has 1 fully saturated rings. The predicted molar refractivity (Wildman–Crippen MR) is 92.8 cm³/mol. The first-order chi connectivity index (χ1) is 11.5. The number of nitrogens with zero attached hydrogens (tertiary/aromatic N) is 1. The Labute approximate surface area is 147 Å². The van der Waals surface area contributed by atoms with Gasteiger partial charge < -0.3 is 19.7 Å². The van der Waals surface area contributed by atoms with Crippen LogP contribution in [0.2, 0.25) is 5.02 Å². The fourth-order valence-electron chi connectivity index (χ4n) is 2.71. The van der Waals surface area contributed by atoms with Gasteiger partial charge in [-0.2, -0.15) is 0 Å². The molecule has 1 aromatic rings. The number of nitrogens with one attached hydrogen (secondary N) is 1. The highest BCUT2D eigenvalue weighted by Gasteiger charge is 2.34. The van der Waals surface area contributed by atoms with Gasteiger partial charge in [0.15, 0.2) is 0 Å². The zero-order chi connectivity index (χ0) is 17.7. The van der Waals surface area contributed by atoms with E-state index in [0.717, 1.165) is 12.8 Å². The van der Waals surface area contributed by atoms with Gasteiger partial charge in [0, 0.05) is 31.6 Å². The first-order valence-electron chi connectivity index (χ1n) is 8.00. The summed E-state index contributed by atoms with van der Waals surface area (Å²) < 4.78 is 10.4. The second-order valence-electron chi connectivity index (χ2n) is 5.77. The van der Waals surface area contributed by atoms with Gasteiger partial charge in [0.25, 0.3) is 0 Å². The lowest BCUT2D eigenvalue weighted by atomic mass is 10.1. The SMILES string of the molecule is CCCCN1C[C@@H](C(=O)Nc2cc(OC)c(Cl)cc2OC)CC1=O. The number of benzene rings is 1. The fraction of sp³-hybridized carbons (Fsp3) is 0.529. The van der Waals surface area contributed by atoms with Crippen molar-refractivity contribution in [2.75, 3.05) is 32.6 Å². The molecule has 1 atom stereocenters. The molecule has 1 N–H and O–H groups in total. The Morgan fingerprint density at radius 2 is 2.04 bits per heavy atom. The van der Waals surface area contributed by atoms with Crippen molar-refractivity contribution < 1.29 is 19.1 Å². The van der Waals surface area contributed by atoms with Gasteiger partial charge >= 0.3 is 0 Å². The Morgan fingerprint density at radius 3 is 2.67 bits per heavy atom. The minimum absolute atomic E-state index is 0.0317. The molecule has 7 heteroatoms. The summed E-state index contributed by atoms with van der Waals surface area (Å²) in [5, 5.41) is 3.22. The molecular weight excluding hydrogens is 332 g/mol. The highest BCUT2D eigenvalue weighted by Crippen LogP contribution is 2.36. The maximum Gasteiger partial charge on any atom is 0.229 e. The molecule has 0 saturated carbocycles. The molecule has 1 heterocycles. The monoisotopic (exact) mass is 354 g/mol. The van der Waals surface area contributed by atoms with Gasteiger partial charge in [0.2, 0.25) is 11.8 Å². The smallest absolute Gasteiger partial charge is 0.229 e. The third kappa shape index (κ3) is 4.12. The molecule has 6 nitrogen and oxygen atoms in total. The Morgan fingerprint density at radius 1 is 1.33 bits per heavy atom. The van der Waals surface area contributed by atoms with Crippen LogP contribution in [0.15, 0.2) is 12.1 Å². The number of amides is 2. The lowest BCUT2D eigenvalue weighted by Crippen LogP contribution is -2.29. The van der Waals surface area contributed by atoms with Crippen LogP contribution in [0.5, 0.6) is 11.5 Å². The Balaban J connectivity index is 2.08. The van der Waals surface area contributed by atoms with Gasteiger partial charge in [-0.3, -0.25) is 9.59 Å². The second kappa shape index (κ2) is 8.24. The van der Waals surface area contributed by atoms with E-state index in [1.165, 1.54) is 14.2 Å². The zero-order valence-corrected chi connectivity index (χ0v) is 15.0. The van der Waals surface area contributed by atoms with E-state index in [4.69, 9.17) is 21.1 Å². The fourth-order valence-corrected chi connectivity index (χ4v) is 2.94. The van der Waals surface area contributed by atoms with Crippen molar-refractivity contribution in [1.29, 1.82) is 0 Å².